The number of aromatic hydroxyl groups is 1. The van der Waals surface area contributed by atoms with Gasteiger partial charge in [0.2, 0.25) is 18.4 Å². The molecule has 0 amide bonds. The summed E-state index contributed by atoms with van der Waals surface area (Å²) in [4.78, 5) is 29.9. The molecule has 0 bridgehead atoms. The molecule has 0 aliphatic carbocycles. The molecule has 0 fully saturated rings. The maximum Gasteiger partial charge on any atom is 0.331 e. The van der Waals surface area contributed by atoms with Crippen molar-refractivity contribution in [1.82, 2.24) is 14.5 Å². The first kappa shape index (κ1) is 22.0. The molecule has 2 N–H and O–H groups in total. The minimum Gasteiger partial charge on any atom is -0.494 e. The zero-order valence-corrected chi connectivity index (χ0v) is 18.8. The Morgan fingerprint density at radius 1 is 1.21 bits per heavy atom. The first-order valence-corrected chi connectivity index (χ1v) is 10.9. The van der Waals surface area contributed by atoms with Crippen LogP contribution >= 0.6 is 0 Å². The first-order chi connectivity index (χ1) is 16.4. The van der Waals surface area contributed by atoms with Gasteiger partial charge in [0.25, 0.3) is 5.56 Å². The van der Waals surface area contributed by atoms with Crippen molar-refractivity contribution in [3.05, 3.63) is 79.2 Å². The number of methoxy groups -OCH3 is 1. The minimum absolute atomic E-state index is 0.0410. The number of rotatable bonds is 5. The fourth-order valence-corrected chi connectivity index (χ4v) is 4.72. The summed E-state index contributed by atoms with van der Waals surface area (Å²) in [6.07, 6.45) is 1.04. The molecule has 10 heteroatoms. The van der Waals surface area contributed by atoms with E-state index in [9.17, 15) is 19.1 Å². The van der Waals surface area contributed by atoms with E-state index in [2.05, 4.69) is 4.98 Å². The van der Waals surface area contributed by atoms with Crippen LogP contribution in [0.25, 0.3) is 0 Å². The van der Waals surface area contributed by atoms with Gasteiger partial charge in [0.15, 0.2) is 11.5 Å². The van der Waals surface area contributed by atoms with Crippen LogP contribution in [0.3, 0.4) is 0 Å². The quantitative estimate of drug-likeness (QED) is 0.588. The smallest absolute Gasteiger partial charge is 0.331 e. The molecule has 0 saturated carbocycles. The van der Waals surface area contributed by atoms with Crippen LogP contribution in [0.15, 0.2) is 39.9 Å². The Morgan fingerprint density at radius 3 is 2.71 bits per heavy atom. The largest absolute Gasteiger partial charge is 0.494 e. The average Bonchev–Trinajstić information content (AvgIpc) is 3.28. The second kappa shape index (κ2) is 8.53. The molecule has 34 heavy (non-hydrogen) atoms. The number of aryl methyl sites for hydroxylation is 1. The predicted octanol–water partition coefficient (Wildman–Crippen LogP) is 1.94. The van der Waals surface area contributed by atoms with Crippen LogP contribution in [-0.2, 0) is 19.4 Å². The van der Waals surface area contributed by atoms with Gasteiger partial charge in [-0.1, -0.05) is 12.1 Å². The fourth-order valence-electron chi connectivity index (χ4n) is 4.72. The number of aromatic nitrogens is 2. The van der Waals surface area contributed by atoms with Crippen LogP contribution in [0.2, 0.25) is 0 Å². The summed E-state index contributed by atoms with van der Waals surface area (Å²) in [7, 11) is 3.35. The molecule has 0 radical (unpaired) electrons. The Hall–Kier alpha value is -3.79. The predicted molar refractivity (Wildman–Crippen MR) is 120 cm³/mol. The molecule has 1 aromatic heterocycles. The summed E-state index contributed by atoms with van der Waals surface area (Å²) in [5, 5.41) is 11.2. The van der Waals surface area contributed by atoms with E-state index in [0.29, 0.717) is 42.2 Å². The molecule has 0 spiro atoms. The van der Waals surface area contributed by atoms with Crippen molar-refractivity contribution >= 4 is 0 Å². The summed E-state index contributed by atoms with van der Waals surface area (Å²) < 4.78 is 31.2. The maximum atomic E-state index is 13.2. The van der Waals surface area contributed by atoms with Crippen molar-refractivity contribution in [2.45, 2.75) is 25.4 Å². The number of nitrogens with zero attached hydrogens (tertiary/aromatic N) is 2. The molecule has 1 atom stereocenters. The normalized spacial score (nSPS) is 17.0. The first-order valence-electron chi connectivity index (χ1n) is 10.9. The van der Waals surface area contributed by atoms with E-state index in [4.69, 9.17) is 14.2 Å². The number of ether oxygens (including phenoxy) is 3. The van der Waals surface area contributed by atoms with Crippen LogP contribution < -0.4 is 25.5 Å². The number of H-pyrrole nitrogens is 1. The lowest BCUT2D eigenvalue weighted by atomic mass is 9.87. The highest BCUT2D eigenvalue weighted by molar-refractivity contribution is 5.63. The lowest BCUT2D eigenvalue weighted by molar-refractivity contribution is 0.170. The molecule has 0 saturated heterocycles. The minimum atomic E-state index is -0.718. The third-order valence-electron chi connectivity index (χ3n) is 6.41. The topological polar surface area (TPSA) is 106 Å². The number of nitrogens with one attached hydrogen (secondary N) is 1. The van der Waals surface area contributed by atoms with Gasteiger partial charge in [0, 0.05) is 18.7 Å². The molecule has 178 valence electrons. The van der Waals surface area contributed by atoms with Crippen LogP contribution in [0.1, 0.15) is 28.3 Å². The summed E-state index contributed by atoms with van der Waals surface area (Å²) in [6.45, 7) is 0.769. The summed E-state index contributed by atoms with van der Waals surface area (Å²) >= 11 is 0. The second-order valence-electron chi connectivity index (χ2n) is 8.37. The van der Waals surface area contributed by atoms with E-state index < -0.39 is 23.2 Å². The van der Waals surface area contributed by atoms with Gasteiger partial charge < -0.3 is 19.3 Å². The van der Waals surface area contributed by atoms with Crippen LogP contribution in [0.4, 0.5) is 4.39 Å². The van der Waals surface area contributed by atoms with Crippen molar-refractivity contribution in [3.8, 4) is 23.1 Å². The highest BCUT2D eigenvalue weighted by Gasteiger charge is 2.38. The SMILES string of the molecule is COc1c2c(cc3c1[C@H](c1c(O)n(CCc4ccc(F)cc4)c(=O)[nH]c1=O)N(C)CC3)OCO2. The van der Waals surface area contributed by atoms with E-state index in [1.54, 1.807) is 12.1 Å². The van der Waals surface area contributed by atoms with Gasteiger partial charge >= 0.3 is 5.69 Å². The number of halogens is 1. The number of hydrogen-bond acceptors (Lipinski definition) is 7. The molecule has 2 aliphatic heterocycles. The lowest BCUT2D eigenvalue weighted by Crippen LogP contribution is -2.40. The van der Waals surface area contributed by atoms with Gasteiger partial charge in [-0.3, -0.25) is 19.2 Å². The van der Waals surface area contributed by atoms with Crippen molar-refractivity contribution in [1.29, 1.82) is 0 Å². The summed E-state index contributed by atoms with van der Waals surface area (Å²) in [5.74, 6) is 0.678. The highest BCUT2D eigenvalue weighted by Crippen LogP contribution is 2.51. The number of hydrogen-bond donors (Lipinski definition) is 2. The van der Waals surface area contributed by atoms with Gasteiger partial charge in [-0.15, -0.1) is 0 Å². The van der Waals surface area contributed by atoms with Crippen LogP contribution in [-0.4, -0.2) is 47.1 Å². The molecule has 2 aliphatic rings. The van der Waals surface area contributed by atoms with Crippen LogP contribution in [0, 0.1) is 5.82 Å². The summed E-state index contributed by atoms with van der Waals surface area (Å²) in [6, 6.07) is 7.08. The van der Waals surface area contributed by atoms with E-state index in [1.165, 1.54) is 19.2 Å². The molecule has 3 aromatic rings. The maximum absolute atomic E-state index is 13.2. The third-order valence-corrected chi connectivity index (χ3v) is 6.41. The van der Waals surface area contributed by atoms with Crippen molar-refractivity contribution in [2.24, 2.45) is 0 Å². The third kappa shape index (κ3) is 3.60. The van der Waals surface area contributed by atoms with Crippen LogP contribution in [0.5, 0.6) is 23.1 Å². The Morgan fingerprint density at radius 2 is 1.97 bits per heavy atom. The fraction of sp³-hybridized carbons (Fsp3) is 0.333. The van der Waals surface area contributed by atoms with Crippen molar-refractivity contribution in [3.63, 3.8) is 0 Å². The second-order valence-corrected chi connectivity index (χ2v) is 8.37. The Labute approximate surface area is 193 Å². The zero-order chi connectivity index (χ0) is 24.0. The Balaban J connectivity index is 1.62. The molecule has 2 aromatic carbocycles. The van der Waals surface area contributed by atoms with E-state index >= 15 is 0 Å². The van der Waals surface area contributed by atoms with Gasteiger partial charge in [-0.05, 0) is 49.2 Å². The zero-order valence-electron chi connectivity index (χ0n) is 18.8. The monoisotopic (exact) mass is 469 g/mol. The number of benzene rings is 2. The molecule has 5 rings (SSSR count). The molecule has 9 nitrogen and oxygen atoms in total. The summed E-state index contributed by atoms with van der Waals surface area (Å²) in [5.41, 5.74) is 1.03. The van der Waals surface area contributed by atoms with Gasteiger partial charge in [0.1, 0.15) is 5.82 Å². The Bertz CT molecular complexity index is 1370. The van der Waals surface area contributed by atoms with Gasteiger partial charge in [-0.2, -0.15) is 0 Å². The van der Waals surface area contributed by atoms with E-state index in [0.717, 1.165) is 15.7 Å². The highest BCUT2D eigenvalue weighted by atomic mass is 19.1. The number of fused-ring (bicyclic) bond motifs is 2. The van der Waals surface area contributed by atoms with E-state index in [-0.39, 0.29) is 24.7 Å². The molecular weight excluding hydrogens is 445 g/mol. The van der Waals surface area contributed by atoms with Crippen molar-refractivity contribution in [2.75, 3.05) is 27.5 Å². The molecule has 3 heterocycles. The van der Waals surface area contributed by atoms with Gasteiger partial charge in [0.05, 0.1) is 18.7 Å². The number of likely N-dealkylation sites (N-methyl/N-ethyl adjacent to an activating group) is 1. The Kier molecular flexibility index (Phi) is 5.52. The molecular formula is C24H24FN3O6. The lowest BCUT2D eigenvalue weighted by Gasteiger charge is -2.36. The average molecular weight is 469 g/mol. The number of aromatic amines is 1. The van der Waals surface area contributed by atoms with Crippen molar-refractivity contribution < 1.29 is 23.7 Å². The van der Waals surface area contributed by atoms with Gasteiger partial charge in [-0.25, -0.2) is 9.18 Å². The standard InChI is InChI=1S/C24H24FN3O6/c1-27-9-8-14-11-16-20(34-12-33-16)21(32-2)17(14)19(27)18-22(29)26-24(31)28(23(18)30)10-7-13-3-5-15(25)6-4-13/h3-6,11,19,30H,7-10,12H2,1-2H3,(H,26,29,31)/t19-/m1/s1. The van der Waals surface area contributed by atoms with E-state index in [1.807, 2.05) is 18.0 Å². The molecule has 0 unspecified atom stereocenters.